The van der Waals surface area contributed by atoms with Crippen molar-refractivity contribution in [2.75, 3.05) is 25.6 Å². The summed E-state index contributed by atoms with van der Waals surface area (Å²) in [5.41, 5.74) is 4.09. The van der Waals surface area contributed by atoms with Gasteiger partial charge in [-0.3, -0.25) is 0 Å². The van der Waals surface area contributed by atoms with Gasteiger partial charge in [-0.05, 0) is 36.4 Å². The van der Waals surface area contributed by atoms with E-state index in [-0.39, 0.29) is 0 Å². The average molecular weight is 387 g/mol. The number of nitrogens with zero attached hydrogens (tertiary/aromatic N) is 2. The topological polar surface area (TPSA) is 57.5 Å². The Morgan fingerprint density at radius 2 is 1.83 bits per heavy atom. The zero-order valence-electron chi connectivity index (χ0n) is 16.3. The van der Waals surface area contributed by atoms with Crippen molar-refractivity contribution in [3.63, 3.8) is 0 Å². The van der Waals surface area contributed by atoms with Crippen LogP contribution < -0.4 is 19.5 Å². The number of para-hydroxylation sites is 1. The van der Waals surface area contributed by atoms with Gasteiger partial charge in [0.1, 0.15) is 24.8 Å². The second-order valence-corrected chi connectivity index (χ2v) is 6.86. The first-order valence-corrected chi connectivity index (χ1v) is 9.49. The smallest absolute Gasteiger partial charge is 0.163 e. The zero-order valence-corrected chi connectivity index (χ0v) is 16.3. The first-order chi connectivity index (χ1) is 14.2. The highest BCUT2D eigenvalue weighted by atomic mass is 16.6. The number of aromatic nitrogens is 2. The summed E-state index contributed by atoms with van der Waals surface area (Å²) in [5.74, 6) is 3.14. The van der Waals surface area contributed by atoms with Crippen LogP contribution in [0.3, 0.4) is 0 Å². The fraction of sp³-hybridized carbons (Fsp3) is 0.174. The second-order valence-electron chi connectivity index (χ2n) is 6.86. The molecule has 2 aromatic heterocycles. The van der Waals surface area contributed by atoms with Gasteiger partial charge in [0.25, 0.3) is 0 Å². The van der Waals surface area contributed by atoms with Gasteiger partial charge in [-0.15, -0.1) is 0 Å². The molecule has 6 nitrogen and oxygen atoms in total. The molecule has 0 fully saturated rings. The highest BCUT2D eigenvalue weighted by Gasteiger charge is 2.16. The molecular formula is C23H21N3O3. The van der Waals surface area contributed by atoms with Crippen molar-refractivity contribution in [3.8, 4) is 28.5 Å². The maximum Gasteiger partial charge on any atom is 0.163 e. The fourth-order valence-electron chi connectivity index (χ4n) is 3.73. The van der Waals surface area contributed by atoms with Crippen molar-refractivity contribution < 1.29 is 14.2 Å². The minimum atomic E-state index is 0.561. The summed E-state index contributed by atoms with van der Waals surface area (Å²) in [4.78, 5) is 4.58. The number of ether oxygens (including phenoxy) is 3. The van der Waals surface area contributed by atoms with Gasteiger partial charge in [0.15, 0.2) is 11.5 Å². The number of pyridine rings is 1. The first kappa shape index (κ1) is 17.4. The molecule has 6 heteroatoms. The number of anilines is 2. The number of hydrogen-bond acceptors (Lipinski definition) is 5. The maximum absolute atomic E-state index is 5.69. The van der Waals surface area contributed by atoms with Crippen molar-refractivity contribution >= 4 is 22.4 Å². The molecule has 0 unspecified atom stereocenters. The molecule has 0 radical (unpaired) electrons. The van der Waals surface area contributed by atoms with Crippen molar-refractivity contribution in [2.45, 2.75) is 0 Å². The summed E-state index contributed by atoms with van der Waals surface area (Å²) < 4.78 is 19.0. The second kappa shape index (κ2) is 7.05. The third kappa shape index (κ3) is 3.02. The van der Waals surface area contributed by atoms with Gasteiger partial charge in [-0.1, -0.05) is 12.1 Å². The van der Waals surface area contributed by atoms with Crippen LogP contribution >= 0.6 is 0 Å². The molecule has 1 aliphatic heterocycles. The van der Waals surface area contributed by atoms with Gasteiger partial charge in [-0.2, -0.15) is 0 Å². The number of hydrogen-bond donors (Lipinski definition) is 1. The molecule has 5 rings (SSSR count). The molecule has 0 spiro atoms. The predicted molar refractivity (Wildman–Crippen MR) is 113 cm³/mol. The third-order valence-corrected chi connectivity index (χ3v) is 5.16. The van der Waals surface area contributed by atoms with E-state index in [1.165, 1.54) is 0 Å². The SMILES string of the molecule is COc1ccccc1-c1cc2c(Nc3ccc4c(c3)OCCO4)nccc2n1C. The lowest BCUT2D eigenvalue weighted by atomic mass is 10.1. The van der Waals surface area contributed by atoms with Crippen LogP contribution in [0.15, 0.2) is 60.8 Å². The first-order valence-electron chi connectivity index (χ1n) is 9.49. The molecule has 0 bridgehead atoms. The largest absolute Gasteiger partial charge is 0.496 e. The Bertz CT molecular complexity index is 1200. The lowest BCUT2D eigenvalue weighted by Crippen LogP contribution is -2.15. The summed E-state index contributed by atoms with van der Waals surface area (Å²) in [6.07, 6.45) is 1.81. The highest BCUT2D eigenvalue weighted by molar-refractivity contribution is 5.96. The van der Waals surface area contributed by atoms with E-state index in [9.17, 15) is 0 Å². The third-order valence-electron chi connectivity index (χ3n) is 5.16. The van der Waals surface area contributed by atoms with E-state index in [0.717, 1.165) is 50.9 Å². The van der Waals surface area contributed by atoms with Crippen molar-refractivity contribution in [1.82, 2.24) is 9.55 Å². The molecule has 0 amide bonds. The lowest BCUT2D eigenvalue weighted by molar-refractivity contribution is 0.171. The van der Waals surface area contributed by atoms with E-state index < -0.39 is 0 Å². The van der Waals surface area contributed by atoms with E-state index >= 15 is 0 Å². The summed E-state index contributed by atoms with van der Waals surface area (Å²) >= 11 is 0. The van der Waals surface area contributed by atoms with Crippen LogP contribution in [0.25, 0.3) is 22.2 Å². The van der Waals surface area contributed by atoms with Gasteiger partial charge in [-0.25, -0.2) is 4.98 Å². The van der Waals surface area contributed by atoms with E-state index in [1.54, 1.807) is 7.11 Å². The summed E-state index contributed by atoms with van der Waals surface area (Å²) in [6.45, 7) is 1.14. The van der Waals surface area contributed by atoms with E-state index in [2.05, 4.69) is 34.0 Å². The standard InChI is InChI=1S/C23H21N3O3/c1-26-18-9-10-24-23(25-15-7-8-21-22(13-15)29-12-11-28-21)17(18)14-19(26)16-5-3-4-6-20(16)27-2/h3-10,13-14H,11-12H2,1-2H3,(H,24,25). The molecule has 2 aromatic carbocycles. The van der Waals surface area contributed by atoms with Gasteiger partial charge in [0.05, 0.1) is 18.3 Å². The van der Waals surface area contributed by atoms with Crippen LogP contribution in [0.4, 0.5) is 11.5 Å². The van der Waals surface area contributed by atoms with Crippen LogP contribution in [0.1, 0.15) is 0 Å². The van der Waals surface area contributed by atoms with Crippen LogP contribution in [-0.4, -0.2) is 29.9 Å². The van der Waals surface area contributed by atoms with Gasteiger partial charge < -0.3 is 24.1 Å². The van der Waals surface area contributed by atoms with Crippen LogP contribution in [0.5, 0.6) is 17.2 Å². The molecule has 1 N–H and O–H groups in total. The van der Waals surface area contributed by atoms with Crippen LogP contribution in [0, 0.1) is 0 Å². The van der Waals surface area contributed by atoms with E-state index in [4.69, 9.17) is 14.2 Å². The molecule has 0 saturated heterocycles. The number of benzene rings is 2. The Balaban J connectivity index is 1.57. The molecular weight excluding hydrogens is 366 g/mol. The Morgan fingerprint density at radius 3 is 2.69 bits per heavy atom. The summed E-state index contributed by atoms with van der Waals surface area (Å²) in [7, 11) is 3.75. The Labute approximate surface area is 168 Å². The summed E-state index contributed by atoms with van der Waals surface area (Å²) in [5, 5.41) is 4.46. The summed E-state index contributed by atoms with van der Waals surface area (Å²) in [6, 6.07) is 18.0. The Morgan fingerprint density at radius 1 is 1.00 bits per heavy atom. The Kier molecular flexibility index (Phi) is 4.24. The number of methoxy groups -OCH3 is 1. The molecule has 4 aromatic rings. The van der Waals surface area contributed by atoms with Gasteiger partial charge >= 0.3 is 0 Å². The maximum atomic E-state index is 5.69. The molecule has 3 heterocycles. The minimum absolute atomic E-state index is 0.561. The fourth-order valence-corrected chi connectivity index (χ4v) is 3.73. The lowest BCUT2D eigenvalue weighted by Gasteiger charge is -2.19. The average Bonchev–Trinajstić information content (AvgIpc) is 3.11. The molecule has 0 aliphatic carbocycles. The number of aryl methyl sites for hydroxylation is 1. The van der Waals surface area contributed by atoms with Gasteiger partial charge in [0.2, 0.25) is 0 Å². The quantitative estimate of drug-likeness (QED) is 0.547. The normalized spacial score (nSPS) is 12.8. The van der Waals surface area contributed by atoms with Crippen molar-refractivity contribution in [3.05, 3.63) is 60.8 Å². The number of rotatable bonds is 4. The van der Waals surface area contributed by atoms with Crippen LogP contribution in [0.2, 0.25) is 0 Å². The molecule has 29 heavy (non-hydrogen) atoms. The van der Waals surface area contributed by atoms with Crippen LogP contribution in [-0.2, 0) is 7.05 Å². The predicted octanol–water partition coefficient (Wildman–Crippen LogP) is 4.76. The van der Waals surface area contributed by atoms with Crippen molar-refractivity contribution in [1.29, 1.82) is 0 Å². The monoisotopic (exact) mass is 387 g/mol. The number of fused-ring (bicyclic) bond motifs is 2. The van der Waals surface area contributed by atoms with E-state index in [1.807, 2.05) is 48.7 Å². The molecule has 1 aliphatic rings. The molecule has 146 valence electrons. The zero-order chi connectivity index (χ0) is 19.8. The highest BCUT2D eigenvalue weighted by Crippen LogP contribution is 2.37. The number of nitrogens with one attached hydrogen (secondary N) is 1. The molecule has 0 saturated carbocycles. The Hall–Kier alpha value is -3.67. The van der Waals surface area contributed by atoms with Crippen molar-refractivity contribution in [2.24, 2.45) is 7.05 Å². The molecule has 0 atom stereocenters. The van der Waals surface area contributed by atoms with E-state index in [0.29, 0.717) is 13.2 Å². The minimum Gasteiger partial charge on any atom is -0.496 e. The van der Waals surface area contributed by atoms with Gasteiger partial charge in [0, 0.05) is 35.9 Å².